The SMILES string of the molecule is C[C@H](OC(=O)Cc1cccc(F)c1)C(=O)Nc1ccc(F)c(Cl)c1. The van der Waals surface area contributed by atoms with E-state index in [1.807, 2.05) is 0 Å². The lowest BCUT2D eigenvalue weighted by atomic mass is 10.1. The molecule has 0 aliphatic carbocycles. The van der Waals surface area contributed by atoms with E-state index in [9.17, 15) is 18.4 Å². The molecule has 0 aliphatic heterocycles. The molecule has 0 fully saturated rings. The van der Waals surface area contributed by atoms with Crippen LogP contribution in [0, 0.1) is 11.6 Å². The average Bonchev–Trinajstić information content (AvgIpc) is 2.50. The van der Waals surface area contributed by atoms with Crippen molar-refractivity contribution < 1.29 is 23.1 Å². The molecular weight excluding hydrogens is 340 g/mol. The van der Waals surface area contributed by atoms with E-state index in [0.29, 0.717) is 5.56 Å². The molecule has 1 amide bonds. The fraction of sp³-hybridized carbons (Fsp3) is 0.176. The second-order valence-corrected chi connectivity index (χ2v) is 5.46. The highest BCUT2D eigenvalue weighted by molar-refractivity contribution is 6.31. The van der Waals surface area contributed by atoms with Crippen molar-refractivity contribution in [2.45, 2.75) is 19.4 Å². The van der Waals surface area contributed by atoms with E-state index < -0.39 is 29.6 Å². The first-order chi connectivity index (χ1) is 11.3. The Morgan fingerprint density at radius 2 is 1.96 bits per heavy atom. The summed E-state index contributed by atoms with van der Waals surface area (Å²) in [5.41, 5.74) is 0.720. The van der Waals surface area contributed by atoms with Crippen molar-refractivity contribution >= 4 is 29.2 Å². The molecule has 2 aromatic carbocycles. The minimum atomic E-state index is -1.07. The average molecular weight is 354 g/mol. The van der Waals surface area contributed by atoms with E-state index in [4.69, 9.17) is 16.3 Å². The first kappa shape index (κ1) is 17.9. The minimum Gasteiger partial charge on any atom is -0.452 e. The highest BCUT2D eigenvalue weighted by atomic mass is 35.5. The Kier molecular flexibility index (Phi) is 5.87. The van der Waals surface area contributed by atoms with Crippen molar-refractivity contribution in [3.05, 3.63) is 64.7 Å². The van der Waals surface area contributed by atoms with Crippen LogP contribution >= 0.6 is 11.6 Å². The minimum absolute atomic E-state index is 0.136. The van der Waals surface area contributed by atoms with E-state index in [-0.39, 0.29) is 17.1 Å². The van der Waals surface area contributed by atoms with Gasteiger partial charge in [0.1, 0.15) is 11.6 Å². The van der Waals surface area contributed by atoms with E-state index in [1.54, 1.807) is 6.07 Å². The molecule has 2 rings (SSSR count). The Morgan fingerprint density at radius 3 is 2.62 bits per heavy atom. The van der Waals surface area contributed by atoms with Crippen LogP contribution in [0.15, 0.2) is 42.5 Å². The molecule has 7 heteroatoms. The second-order valence-electron chi connectivity index (χ2n) is 5.06. The van der Waals surface area contributed by atoms with Crippen molar-refractivity contribution in [2.24, 2.45) is 0 Å². The summed E-state index contributed by atoms with van der Waals surface area (Å²) in [4.78, 5) is 23.8. The van der Waals surface area contributed by atoms with Crippen molar-refractivity contribution in [2.75, 3.05) is 5.32 Å². The Balaban J connectivity index is 1.90. The molecule has 0 unspecified atom stereocenters. The van der Waals surface area contributed by atoms with E-state index in [1.165, 1.54) is 37.3 Å². The van der Waals surface area contributed by atoms with Crippen LogP contribution < -0.4 is 5.32 Å². The molecule has 0 radical (unpaired) electrons. The quantitative estimate of drug-likeness (QED) is 0.833. The fourth-order valence-corrected chi connectivity index (χ4v) is 2.10. The summed E-state index contributed by atoms with van der Waals surface area (Å²) in [6.45, 7) is 1.39. The first-order valence-corrected chi connectivity index (χ1v) is 7.43. The van der Waals surface area contributed by atoms with Gasteiger partial charge in [-0.15, -0.1) is 0 Å². The predicted octanol–water partition coefficient (Wildman–Crippen LogP) is 3.73. The van der Waals surface area contributed by atoms with Gasteiger partial charge in [-0.1, -0.05) is 23.7 Å². The summed E-state index contributed by atoms with van der Waals surface area (Å²) in [6, 6.07) is 9.22. The molecule has 0 saturated carbocycles. The van der Waals surface area contributed by atoms with Crippen LogP contribution in [0.4, 0.5) is 14.5 Å². The number of carbonyl (C=O) groups is 2. The number of ether oxygens (including phenoxy) is 1. The van der Waals surface area contributed by atoms with Gasteiger partial charge in [0, 0.05) is 5.69 Å². The molecule has 24 heavy (non-hydrogen) atoms. The van der Waals surface area contributed by atoms with Gasteiger partial charge in [-0.2, -0.15) is 0 Å². The van der Waals surface area contributed by atoms with Gasteiger partial charge in [0.05, 0.1) is 11.4 Å². The Bertz CT molecular complexity index is 767. The van der Waals surface area contributed by atoms with Gasteiger partial charge in [-0.05, 0) is 42.8 Å². The van der Waals surface area contributed by atoms with Gasteiger partial charge >= 0.3 is 5.97 Å². The lowest BCUT2D eigenvalue weighted by Crippen LogP contribution is -2.30. The van der Waals surface area contributed by atoms with Gasteiger partial charge in [-0.3, -0.25) is 9.59 Å². The van der Waals surface area contributed by atoms with Crippen LogP contribution in [0.5, 0.6) is 0 Å². The first-order valence-electron chi connectivity index (χ1n) is 7.05. The number of carbonyl (C=O) groups excluding carboxylic acids is 2. The van der Waals surface area contributed by atoms with Crippen LogP contribution in [0.3, 0.4) is 0 Å². The molecule has 0 saturated heterocycles. The zero-order valence-electron chi connectivity index (χ0n) is 12.7. The third kappa shape index (κ3) is 5.03. The van der Waals surface area contributed by atoms with Gasteiger partial charge in [0.25, 0.3) is 5.91 Å². The number of benzene rings is 2. The van der Waals surface area contributed by atoms with Crippen LogP contribution in [-0.2, 0) is 20.7 Å². The third-order valence-corrected chi connectivity index (χ3v) is 3.39. The summed E-state index contributed by atoms with van der Waals surface area (Å²) >= 11 is 5.62. The number of esters is 1. The number of nitrogens with one attached hydrogen (secondary N) is 1. The summed E-state index contributed by atoms with van der Waals surface area (Å²) in [5.74, 6) is -2.32. The maximum atomic E-state index is 13.1. The molecule has 0 spiro atoms. The lowest BCUT2D eigenvalue weighted by Gasteiger charge is -2.14. The molecular formula is C17H14ClF2NO3. The monoisotopic (exact) mass is 353 g/mol. The summed E-state index contributed by atoms with van der Waals surface area (Å²) < 4.78 is 31.1. The number of amides is 1. The molecule has 1 N–H and O–H groups in total. The molecule has 4 nitrogen and oxygen atoms in total. The van der Waals surface area contributed by atoms with Crippen LogP contribution in [-0.4, -0.2) is 18.0 Å². The van der Waals surface area contributed by atoms with Crippen molar-refractivity contribution in [1.29, 1.82) is 0 Å². The highest BCUT2D eigenvalue weighted by Crippen LogP contribution is 2.19. The number of anilines is 1. The number of rotatable bonds is 5. The maximum absolute atomic E-state index is 13.1. The molecule has 1 atom stereocenters. The van der Waals surface area contributed by atoms with Crippen LogP contribution in [0.2, 0.25) is 5.02 Å². The van der Waals surface area contributed by atoms with E-state index in [2.05, 4.69) is 5.32 Å². The standard InChI is InChI=1S/C17H14ClF2NO3/c1-10(17(23)21-13-5-6-15(20)14(18)9-13)24-16(22)8-11-3-2-4-12(19)7-11/h2-7,9-10H,8H2,1H3,(H,21,23)/t10-/m0/s1. The fourth-order valence-electron chi connectivity index (χ4n) is 1.92. The van der Waals surface area contributed by atoms with Gasteiger partial charge < -0.3 is 10.1 Å². The summed E-state index contributed by atoms with van der Waals surface area (Å²) in [5, 5.41) is 2.33. The summed E-state index contributed by atoms with van der Waals surface area (Å²) in [6.07, 6.45) is -1.23. The Labute approximate surface area is 142 Å². The maximum Gasteiger partial charge on any atom is 0.311 e. The van der Waals surface area contributed by atoms with Gasteiger partial charge in [0.15, 0.2) is 6.10 Å². The number of hydrogen-bond donors (Lipinski definition) is 1. The molecule has 2 aromatic rings. The number of halogens is 3. The molecule has 0 heterocycles. The molecule has 0 aromatic heterocycles. The lowest BCUT2D eigenvalue weighted by molar-refractivity contribution is -0.152. The Hall–Kier alpha value is -2.47. The van der Waals surface area contributed by atoms with E-state index in [0.717, 1.165) is 6.07 Å². The zero-order valence-corrected chi connectivity index (χ0v) is 13.4. The molecule has 126 valence electrons. The van der Waals surface area contributed by atoms with Crippen molar-refractivity contribution in [3.63, 3.8) is 0 Å². The highest BCUT2D eigenvalue weighted by Gasteiger charge is 2.18. The van der Waals surface area contributed by atoms with Crippen LogP contribution in [0.25, 0.3) is 0 Å². The third-order valence-electron chi connectivity index (χ3n) is 3.10. The zero-order chi connectivity index (χ0) is 17.7. The Morgan fingerprint density at radius 1 is 1.21 bits per heavy atom. The van der Waals surface area contributed by atoms with Gasteiger partial charge in [-0.25, -0.2) is 8.78 Å². The largest absolute Gasteiger partial charge is 0.452 e. The number of hydrogen-bond acceptors (Lipinski definition) is 3. The molecule has 0 bridgehead atoms. The second kappa shape index (κ2) is 7.88. The van der Waals surface area contributed by atoms with Gasteiger partial charge in [0.2, 0.25) is 0 Å². The molecule has 0 aliphatic rings. The summed E-state index contributed by atoms with van der Waals surface area (Å²) in [7, 11) is 0. The van der Waals surface area contributed by atoms with E-state index >= 15 is 0 Å². The van der Waals surface area contributed by atoms with Crippen molar-refractivity contribution in [3.8, 4) is 0 Å². The van der Waals surface area contributed by atoms with Crippen molar-refractivity contribution in [1.82, 2.24) is 0 Å². The smallest absolute Gasteiger partial charge is 0.311 e. The topological polar surface area (TPSA) is 55.4 Å². The van der Waals surface area contributed by atoms with Crippen LogP contribution in [0.1, 0.15) is 12.5 Å². The predicted molar refractivity (Wildman–Crippen MR) is 85.7 cm³/mol. The normalized spacial score (nSPS) is 11.7.